The molecule has 1 aromatic heterocycles. The number of hydrogen-bond donors (Lipinski definition) is 2. The van der Waals surface area contributed by atoms with Crippen LogP contribution in [0.25, 0.3) is 17.4 Å². The summed E-state index contributed by atoms with van der Waals surface area (Å²) < 4.78 is 5.64. The summed E-state index contributed by atoms with van der Waals surface area (Å²) in [4.78, 5) is 23.7. The summed E-state index contributed by atoms with van der Waals surface area (Å²) >= 11 is 0. The highest BCUT2D eigenvalue weighted by molar-refractivity contribution is 6.09. The van der Waals surface area contributed by atoms with Crippen LogP contribution >= 0.6 is 0 Å². The number of carbonyl (C=O) groups is 2. The number of hydrogen-bond acceptors (Lipinski definition) is 4. The van der Waals surface area contributed by atoms with Gasteiger partial charge in [-0.15, -0.1) is 0 Å². The fourth-order valence-electron chi connectivity index (χ4n) is 2.67. The Bertz CT molecular complexity index is 1120. The van der Waals surface area contributed by atoms with Crippen LogP contribution in [-0.2, 0) is 4.79 Å². The molecule has 0 aliphatic heterocycles. The summed E-state index contributed by atoms with van der Waals surface area (Å²) in [5, 5.41) is 21.3. The van der Waals surface area contributed by atoms with Gasteiger partial charge in [-0.1, -0.05) is 30.3 Å². The maximum atomic E-state index is 12.4. The van der Waals surface area contributed by atoms with E-state index in [4.69, 9.17) is 4.42 Å². The molecule has 0 atom stereocenters. The molecule has 0 saturated heterocycles. The Kier molecular flexibility index (Phi) is 5.38. The first-order valence-electron chi connectivity index (χ1n) is 8.40. The molecule has 0 radical (unpaired) electrons. The molecule has 1 heterocycles. The summed E-state index contributed by atoms with van der Waals surface area (Å²) in [5.74, 6) is -1.02. The lowest BCUT2D eigenvalue weighted by atomic mass is 10.1. The van der Waals surface area contributed by atoms with Crippen molar-refractivity contribution >= 4 is 23.6 Å². The molecule has 6 nitrogen and oxygen atoms in total. The predicted molar refractivity (Wildman–Crippen MR) is 105 cm³/mol. The zero-order valence-corrected chi connectivity index (χ0v) is 15.0. The van der Waals surface area contributed by atoms with Gasteiger partial charge < -0.3 is 14.8 Å². The summed E-state index contributed by atoms with van der Waals surface area (Å²) in [5.41, 5.74) is 1.95. The topological polar surface area (TPSA) is 103 Å². The largest absolute Gasteiger partial charge is 0.478 e. The third-order valence-electron chi connectivity index (χ3n) is 3.98. The second-order valence-electron chi connectivity index (χ2n) is 6.05. The Hall–Kier alpha value is -4.11. The third-order valence-corrected chi connectivity index (χ3v) is 3.98. The lowest BCUT2D eigenvalue weighted by Crippen LogP contribution is -2.13. The van der Waals surface area contributed by atoms with Crippen molar-refractivity contribution in [2.24, 2.45) is 0 Å². The minimum absolute atomic E-state index is 0.102. The van der Waals surface area contributed by atoms with Gasteiger partial charge in [0.2, 0.25) is 0 Å². The molecule has 138 valence electrons. The van der Waals surface area contributed by atoms with E-state index < -0.39 is 11.9 Å². The van der Waals surface area contributed by atoms with Crippen molar-refractivity contribution in [1.82, 2.24) is 0 Å². The van der Waals surface area contributed by atoms with Crippen LogP contribution in [0.1, 0.15) is 21.7 Å². The van der Waals surface area contributed by atoms with Crippen LogP contribution in [0.3, 0.4) is 0 Å². The van der Waals surface area contributed by atoms with E-state index in [0.29, 0.717) is 17.0 Å². The number of nitrogens with zero attached hydrogens (tertiary/aromatic N) is 1. The van der Waals surface area contributed by atoms with Gasteiger partial charge >= 0.3 is 5.97 Å². The van der Waals surface area contributed by atoms with Gasteiger partial charge in [-0.2, -0.15) is 5.26 Å². The highest BCUT2D eigenvalue weighted by Gasteiger charge is 2.15. The molecule has 2 N–H and O–H groups in total. The highest BCUT2D eigenvalue weighted by atomic mass is 16.4. The van der Waals surface area contributed by atoms with E-state index in [-0.39, 0.29) is 16.9 Å². The maximum absolute atomic E-state index is 12.4. The summed E-state index contributed by atoms with van der Waals surface area (Å²) in [6.07, 6.45) is 1.32. The van der Waals surface area contributed by atoms with Crippen LogP contribution in [0.2, 0.25) is 0 Å². The highest BCUT2D eigenvalue weighted by Crippen LogP contribution is 2.27. The molecule has 3 aromatic rings. The van der Waals surface area contributed by atoms with E-state index in [2.05, 4.69) is 5.32 Å². The van der Waals surface area contributed by atoms with Crippen LogP contribution in [0.15, 0.2) is 70.7 Å². The molecule has 0 spiro atoms. The van der Waals surface area contributed by atoms with E-state index in [1.807, 2.05) is 19.1 Å². The van der Waals surface area contributed by atoms with Gasteiger partial charge in [0, 0.05) is 17.3 Å². The molecular formula is C22H16N2O4. The predicted octanol–water partition coefficient (Wildman–Crippen LogP) is 4.50. The molecule has 0 aliphatic rings. The van der Waals surface area contributed by atoms with Gasteiger partial charge in [0.15, 0.2) is 0 Å². The summed E-state index contributed by atoms with van der Waals surface area (Å²) in [6, 6.07) is 18.7. The molecule has 0 saturated carbocycles. The minimum atomic E-state index is -1.07. The van der Waals surface area contributed by atoms with Crippen molar-refractivity contribution < 1.29 is 19.1 Å². The Morgan fingerprint density at radius 1 is 1.11 bits per heavy atom. The smallest absolute Gasteiger partial charge is 0.336 e. The molecule has 0 aliphatic carbocycles. The van der Waals surface area contributed by atoms with Gasteiger partial charge in [-0.05, 0) is 42.8 Å². The number of rotatable bonds is 5. The summed E-state index contributed by atoms with van der Waals surface area (Å²) in [7, 11) is 0. The number of nitrogens with one attached hydrogen (secondary N) is 1. The lowest BCUT2D eigenvalue weighted by molar-refractivity contribution is -0.112. The van der Waals surface area contributed by atoms with E-state index in [1.165, 1.54) is 12.1 Å². The molecular weight excluding hydrogens is 356 g/mol. The Labute approximate surface area is 161 Å². The number of amides is 1. The van der Waals surface area contributed by atoms with E-state index >= 15 is 0 Å². The van der Waals surface area contributed by atoms with Crippen molar-refractivity contribution in [3.8, 4) is 17.4 Å². The van der Waals surface area contributed by atoms with Crippen molar-refractivity contribution in [3.05, 3.63) is 83.1 Å². The molecule has 3 rings (SSSR count). The molecule has 0 unspecified atom stereocenters. The fraction of sp³-hybridized carbons (Fsp3) is 0.0455. The van der Waals surface area contributed by atoms with E-state index in [0.717, 1.165) is 5.56 Å². The second kappa shape index (κ2) is 8.06. The molecule has 6 heteroatoms. The Balaban J connectivity index is 1.86. The van der Waals surface area contributed by atoms with Crippen molar-refractivity contribution in [1.29, 1.82) is 5.26 Å². The Morgan fingerprint density at radius 2 is 1.89 bits per heavy atom. The number of furan rings is 1. The second-order valence-corrected chi connectivity index (χ2v) is 6.05. The van der Waals surface area contributed by atoms with Gasteiger partial charge in [0.1, 0.15) is 23.2 Å². The van der Waals surface area contributed by atoms with E-state index in [9.17, 15) is 20.0 Å². The maximum Gasteiger partial charge on any atom is 0.336 e. The third kappa shape index (κ3) is 4.17. The molecule has 0 bridgehead atoms. The number of aryl methyl sites for hydroxylation is 1. The number of carbonyl (C=O) groups excluding carboxylic acids is 1. The molecule has 0 fully saturated rings. The van der Waals surface area contributed by atoms with E-state index in [1.54, 1.807) is 48.5 Å². The minimum Gasteiger partial charge on any atom is -0.478 e. The first kappa shape index (κ1) is 18.7. The first-order chi connectivity index (χ1) is 13.5. The zero-order chi connectivity index (χ0) is 20.1. The van der Waals surface area contributed by atoms with Gasteiger partial charge in [-0.25, -0.2) is 4.79 Å². The Morgan fingerprint density at radius 3 is 2.61 bits per heavy atom. The standard InChI is InChI=1S/C22H16N2O4/c1-14-5-4-6-16(11-14)24-21(25)15(13-23)12-17-9-10-20(28-17)18-7-2-3-8-19(18)22(26)27/h2-12H,1H3,(H,24,25)(H,26,27)/b15-12+. The van der Waals surface area contributed by atoms with Crippen LogP contribution < -0.4 is 5.32 Å². The van der Waals surface area contributed by atoms with Gasteiger partial charge in [-0.3, -0.25) is 4.79 Å². The van der Waals surface area contributed by atoms with Crippen molar-refractivity contribution in [3.63, 3.8) is 0 Å². The van der Waals surface area contributed by atoms with Crippen LogP contribution in [0.4, 0.5) is 5.69 Å². The quantitative estimate of drug-likeness (QED) is 0.507. The number of anilines is 1. The number of carboxylic acids is 1. The average molecular weight is 372 g/mol. The molecule has 2 aromatic carbocycles. The molecule has 28 heavy (non-hydrogen) atoms. The van der Waals surface area contributed by atoms with Crippen LogP contribution in [0, 0.1) is 18.3 Å². The first-order valence-corrected chi connectivity index (χ1v) is 8.40. The van der Waals surface area contributed by atoms with Crippen LogP contribution in [-0.4, -0.2) is 17.0 Å². The van der Waals surface area contributed by atoms with Gasteiger partial charge in [0.05, 0.1) is 5.56 Å². The van der Waals surface area contributed by atoms with Crippen molar-refractivity contribution in [2.75, 3.05) is 5.32 Å². The number of nitriles is 1. The van der Waals surface area contributed by atoms with Crippen LogP contribution in [0.5, 0.6) is 0 Å². The lowest BCUT2D eigenvalue weighted by Gasteiger charge is -2.04. The van der Waals surface area contributed by atoms with Crippen molar-refractivity contribution in [2.45, 2.75) is 6.92 Å². The fourth-order valence-corrected chi connectivity index (χ4v) is 2.67. The van der Waals surface area contributed by atoms with Gasteiger partial charge in [0.25, 0.3) is 5.91 Å². The average Bonchev–Trinajstić information content (AvgIpc) is 3.14. The number of carboxylic acid groups (broad SMARTS) is 1. The molecule has 1 amide bonds. The monoisotopic (exact) mass is 372 g/mol. The zero-order valence-electron chi connectivity index (χ0n) is 15.0. The number of benzene rings is 2. The number of aromatic carboxylic acids is 1. The summed E-state index contributed by atoms with van der Waals surface area (Å²) in [6.45, 7) is 1.90. The normalized spacial score (nSPS) is 10.9. The SMILES string of the molecule is Cc1cccc(NC(=O)/C(C#N)=C/c2ccc(-c3ccccc3C(=O)O)o2)c1.